The van der Waals surface area contributed by atoms with Crippen LogP contribution in [0.2, 0.25) is 0 Å². The van der Waals surface area contributed by atoms with Crippen molar-refractivity contribution in [3.05, 3.63) is 29.8 Å². The van der Waals surface area contributed by atoms with Crippen molar-refractivity contribution in [2.75, 3.05) is 6.61 Å². The fourth-order valence-electron chi connectivity index (χ4n) is 0.940. The number of rotatable bonds is 4. The summed E-state index contributed by atoms with van der Waals surface area (Å²) < 4.78 is 9.35. The van der Waals surface area contributed by atoms with Crippen molar-refractivity contribution in [1.82, 2.24) is 0 Å². The average molecular weight is 218 g/mol. The minimum atomic E-state index is -0.384. The van der Waals surface area contributed by atoms with Crippen LogP contribution in [0.1, 0.15) is 18.7 Å². The van der Waals surface area contributed by atoms with Gasteiger partial charge in [0.05, 0.1) is 12.2 Å². The average Bonchev–Trinajstić information content (AvgIpc) is 2.20. The number of ether oxygens (including phenoxy) is 2. The molecule has 4 nitrogen and oxygen atoms in total. The van der Waals surface area contributed by atoms with Gasteiger partial charge in [0.2, 0.25) is 0 Å². The molecule has 76 valence electrons. The van der Waals surface area contributed by atoms with Crippen LogP contribution >= 0.6 is 0 Å². The van der Waals surface area contributed by atoms with Crippen LogP contribution in [0, 0.1) is 0 Å². The summed E-state index contributed by atoms with van der Waals surface area (Å²) >= 11 is 0. The molecule has 0 heterocycles. The van der Waals surface area contributed by atoms with E-state index in [1.165, 1.54) is 24.3 Å². The van der Waals surface area contributed by atoms with Crippen LogP contribution in [-0.2, 0) is 9.53 Å². The van der Waals surface area contributed by atoms with Crippen molar-refractivity contribution in [1.29, 1.82) is 0 Å². The molecule has 0 aliphatic carbocycles. The Hall–Kier alpha value is -0.840. The molecular weight excluding hydrogens is 207 g/mol. The Balaban J connectivity index is 0. The van der Waals surface area contributed by atoms with Gasteiger partial charge in [0.15, 0.2) is 0 Å². The molecule has 0 bridgehead atoms. The number of carbonyl (C=O) groups is 2. The fraction of sp³-hybridized carbons (Fsp3) is 0.200. The predicted octanol–water partition coefficient (Wildman–Crippen LogP) is -1.48. The molecule has 0 spiro atoms. The molecule has 0 N–H and O–H groups in total. The van der Waals surface area contributed by atoms with E-state index in [0.717, 1.165) is 0 Å². The van der Waals surface area contributed by atoms with Crippen LogP contribution in [0.4, 0.5) is 0 Å². The predicted molar refractivity (Wildman–Crippen MR) is 50.2 cm³/mol. The standard InChI is InChI=1S/C10H10O4.Na.H/c1-2-13-10(12)8-3-5-9(6-4-8)14-7-11;;/h3-7H,2H2,1H3;;/q;+1;-1. The fourth-order valence-corrected chi connectivity index (χ4v) is 0.940. The third kappa shape index (κ3) is 4.46. The summed E-state index contributed by atoms with van der Waals surface area (Å²) in [6.45, 7) is 2.41. The molecule has 1 aromatic rings. The van der Waals surface area contributed by atoms with Crippen molar-refractivity contribution in [3.63, 3.8) is 0 Å². The third-order valence-electron chi connectivity index (χ3n) is 1.55. The van der Waals surface area contributed by atoms with Gasteiger partial charge in [-0.15, -0.1) is 0 Å². The van der Waals surface area contributed by atoms with Gasteiger partial charge in [-0.2, -0.15) is 0 Å². The van der Waals surface area contributed by atoms with Crippen molar-refractivity contribution in [2.45, 2.75) is 6.92 Å². The van der Waals surface area contributed by atoms with E-state index in [1.54, 1.807) is 6.92 Å². The summed E-state index contributed by atoms with van der Waals surface area (Å²) in [5.41, 5.74) is 0.435. The van der Waals surface area contributed by atoms with Crippen LogP contribution in [0.25, 0.3) is 0 Å². The quantitative estimate of drug-likeness (QED) is 0.351. The van der Waals surface area contributed by atoms with Gasteiger partial charge in [-0.3, -0.25) is 4.79 Å². The molecule has 1 aromatic carbocycles. The molecular formula is C10H11NaO4. The van der Waals surface area contributed by atoms with Crippen LogP contribution in [-0.4, -0.2) is 19.0 Å². The van der Waals surface area contributed by atoms with Crippen LogP contribution < -0.4 is 34.3 Å². The molecule has 5 heteroatoms. The summed E-state index contributed by atoms with van der Waals surface area (Å²) in [5, 5.41) is 0. The first-order valence-electron chi connectivity index (χ1n) is 4.15. The summed E-state index contributed by atoms with van der Waals surface area (Å²) in [5.74, 6) is 0.0122. The molecule has 0 aliphatic heterocycles. The second-order valence-corrected chi connectivity index (χ2v) is 2.46. The van der Waals surface area contributed by atoms with Crippen molar-refractivity contribution in [3.8, 4) is 5.75 Å². The summed E-state index contributed by atoms with van der Waals surface area (Å²) in [4.78, 5) is 21.2. The molecule has 0 fully saturated rings. The number of esters is 1. The molecule has 0 unspecified atom stereocenters. The molecule has 0 amide bonds. The van der Waals surface area contributed by atoms with E-state index in [0.29, 0.717) is 24.4 Å². The Kier molecular flexibility index (Phi) is 7.03. The zero-order valence-corrected chi connectivity index (χ0v) is 10.7. The van der Waals surface area contributed by atoms with Gasteiger partial charge in [-0.1, -0.05) is 0 Å². The van der Waals surface area contributed by atoms with Gasteiger partial charge in [-0.05, 0) is 31.2 Å². The van der Waals surface area contributed by atoms with Crippen LogP contribution in [0.3, 0.4) is 0 Å². The van der Waals surface area contributed by atoms with Crippen molar-refractivity contribution in [2.24, 2.45) is 0 Å². The van der Waals surface area contributed by atoms with Gasteiger partial charge in [0.1, 0.15) is 5.75 Å². The molecule has 0 saturated carbocycles. The minimum Gasteiger partial charge on any atom is -1.00 e. The van der Waals surface area contributed by atoms with E-state index in [-0.39, 0.29) is 37.0 Å². The van der Waals surface area contributed by atoms with Crippen LogP contribution in [0.15, 0.2) is 24.3 Å². The normalized spacial score (nSPS) is 8.60. The summed E-state index contributed by atoms with van der Waals surface area (Å²) in [6, 6.07) is 6.13. The van der Waals surface area contributed by atoms with Gasteiger partial charge in [-0.25, -0.2) is 4.79 Å². The largest absolute Gasteiger partial charge is 1.00 e. The monoisotopic (exact) mass is 218 g/mol. The first kappa shape index (κ1) is 14.2. The van der Waals surface area contributed by atoms with Crippen molar-refractivity contribution < 1.29 is 50.0 Å². The van der Waals surface area contributed by atoms with E-state index in [1.807, 2.05) is 0 Å². The first-order valence-corrected chi connectivity index (χ1v) is 4.15. The Bertz CT molecular complexity index is 326. The van der Waals surface area contributed by atoms with E-state index < -0.39 is 0 Å². The van der Waals surface area contributed by atoms with Gasteiger partial charge in [0.25, 0.3) is 6.47 Å². The SMILES string of the molecule is CCOC(=O)c1ccc(OC=O)cc1.[H-].[Na+]. The van der Waals surface area contributed by atoms with E-state index in [9.17, 15) is 9.59 Å². The number of hydrogen-bond acceptors (Lipinski definition) is 4. The maximum atomic E-state index is 11.2. The maximum absolute atomic E-state index is 11.2. The summed E-state index contributed by atoms with van der Waals surface area (Å²) in [6.07, 6.45) is 0. The topological polar surface area (TPSA) is 52.6 Å². The Morgan fingerprint density at radius 2 is 2.00 bits per heavy atom. The molecule has 0 radical (unpaired) electrons. The Morgan fingerprint density at radius 3 is 2.47 bits per heavy atom. The van der Waals surface area contributed by atoms with Gasteiger partial charge in [0, 0.05) is 0 Å². The maximum Gasteiger partial charge on any atom is 1.00 e. The van der Waals surface area contributed by atoms with E-state index >= 15 is 0 Å². The van der Waals surface area contributed by atoms with E-state index in [2.05, 4.69) is 4.74 Å². The molecule has 0 atom stereocenters. The minimum absolute atomic E-state index is 0. The zero-order valence-electron chi connectivity index (χ0n) is 9.73. The molecule has 0 saturated heterocycles. The van der Waals surface area contributed by atoms with Gasteiger partial charge < -0.3 is 10.9 Å². The molecule has 15 heavy (non-hydrogen) atoms. The second kappa shape index (κ2) is 7.45. The second-order valence-electron chi connectivity index (χ2n) is 2.46. The van der Waals surface area contributed by atoms with Crippen LogP contribution in [0.5, 0.6) is 5.75 Å². The first-order chi connectivity index (χ1) is 6.77. The Labute approximate surface area is 111 Å². The zero-order chi connectivity index (χ0) is 10.4. The van der Waals surface area contributed by atoms with Gasteiger partial charge >= 0.3 is 35.5 Å². The number of carbonyl (C=O) groups excluding carboxylic acids is 2. The number of hydrogen-bond donors (Lipinski definition) is 0. The summed E-state index contributed by atoms with van der Waals surface area (Å²) in [7, 11) is 0. The van der Waals surface area contributed by atoms with E-state index in [4.69, 9.17) is 4.74 Å². The smallest absolute Gasteiger partial charge is 1.00 e. The molecule has 0 aliphatic rings. The number of benzene rings is 1. The molecule has 0 aromatic heterocycles. The molecule has 1 rings (SSSR count). The third-order valence-corrected chi connectivity index (χ3v) is 1.55. The van der Waals surface area contributed by atoms with Crippen molar-refractivity contribution >= 4 is 12.4 Å². The Morgan fingerprint density at radius 1 is 1.40 bits per heavy atom.